The molecule has 0 aliphatic rings. The van der Waals surface area contributed by atoms with Crippen molar-refractivity contribution in [2.24, 2.45) is 0 Å². The number of nitro groups is 1. The summed E-state index contributed by atoms with van der Waals surface area (Å²) in [5.41, 5.74) is -1.25. The SMILES string of the molecule is C[C@H](Sc1ccc(Cl)c(C(F)(F)F)c1)C(=O)Nc1ccccc1[N+](=O)[O-]. The molecule has 0 fully saturated rings. The molecule has 0 aliphatic heterocycles. The summed E-state index contributed by atoms with van der Waals surface area (Å²) in [6, 6.07) is 8.94. The van der Waals surface area contributed by atoms with Crippen molar-refractivity contribution in [3.05, 3.63) is 63.2 Å². The van der Waals surface area contributed by atoms with Crippen molar-refractivity contribution in [3.63, 3.8) is 0 Å². The van der Waals surface area contributed by atoms with Gasteiger partial charge in [0.25, 0.3) is 5.69 Å². The third-order valence-corrected chi connectivity index (χ3v) is 4.71. The molecule has 138 valence electrons. The molecule has 1 N–H and O–H groups in total. The molecular weight excluding hydrogens is 393 g/mol. The molecule has 5 nitrogen and oxygen atoms in total. The smallest absolute Gasteiger partial charge is 0.319 e. The molecule has 1 amide bonds. The van der Waals surface area contributed by atoms with Crippen LogP contribution in [-0.2, 0) is 11.0 Å². The molecule has 0 aliphatic carbocycles. The van der Waals surface area contributed by atoms with Crippen LogP contribution in [-0.4, -0.2) is 16.1 Å². The number of para-hydroxylation sites is 2. The normalized spacial score (nSPS) is 12.5. The quantitative estimate of drug-likeness (QED) is 0.412. The van der Waals surface area contributed by atoms with E-state index in [0.717, 1.165) is 23.9 Å². The van der Waals surface area contributed by atoms with Gasteiger partial charge in [-0.05, 0) is 31.2 Å². The lowest BCUT2D eigenvalue weighted by atomic mass is 10.2. The lowest BCUT2D eigenvalue weighted by Gasteiger charge is -2.14. The zero-order valence-corrected chi connectivity index (χ0v) is 14.8. The van der Waals surface area contributed by atoms with Gasteiger partial charge in [0.1, 0.15) is 5.69 Å². The minimum Gasteiger partial charge on any atom is -0.319 e. The number of anilines is 1. The highest BCUT2D eigenvalue weighted by atomic mass is 35.5. The van der Waals surface area contributed by atoms with E-state index in [-0.39, 0.29) is 16.3 Å². The van der Waals surface area contributed by atoms with E-state index in [9.17, 15) is 28.1 Å². The summed E-state index contributed by atoms with van der Waals surface area (Å²) >= 11 is 6.45. The van der Waals surface area contributed by atoms with Crippen LogP contribution in [0, 0.1) is 10.1 Å². The Morgan fingerprint density at radius 2 is 1.92 bits per heavy atom. The number of nitrogens with one attached hydrogen (secondary N) is 1. The predicted molar refractivity (Wildman–Crippen MR) is 93.5 cm³/mol. The highest BCUT2D eigenvalue weighted by Crippen LogP contribution is 2.38. The molecule has 2 aromatic carbocycles. The number of rotatable bonds is 5. The zero-order chi connectivity index (χ0) is 19.5. The summed E-state index contributed by atoms with van der Waals surface area (Å²) < 4.78 is 38.7. The van der Waals surface area contributed by atoms with Crippen LogP contribution in [0.4, 0.5) is 24.5 Å². The first-order chi connectivity index (χ1) is 12.1. The number of nitrogens with zero attached hydrogens (tertiary/aromatic N) is 1. The summed E-state index contributed by atoms with van der Waals surface area (Å²) in [7, 11) is 0. The van der Waals surface area contributed by atoms with Gasteiger partial charge in [-0.1, -0.05) is 23.7 Å². The molecule has 0 bridgehead atoms. The first-order valence-corrected chi connectivity index (χ1v) is 8.43. The van der Waals surface area contributed by atoms with Gasteiger partial charge in [0.2, 0.25) is 5.91 Å². The molecule has 0 saturated carbocycles. The largest absolute Gasteiger partial charge is 0.417 e. The summed E-state index contributed by atoms with van der Waals surface area (Å²) in [6.45, 7) is 1.48. The van der Waals surface area contributed by atoms with Gasteiger partial charge in [-0.25, -0.2) is 0 Å². The highest BCUT2D eigenvalue weighted by Gasteiger charge is 2.33. The molecular formula is C16H12ClF3N2O3S. The van der Waals surface area contributed by atoms with Gasteiger partial charge in [0.05, 0.1) is 20.8 Å². The summed E-state index contributed by atoms with van der Waals surface area (Å²) in [5.74, 6) is -0.576. The second-order valence-electron chi connectivity index (χ2n) is 5.16. The number of nitro benzene ring substituents is 1. The molecule has 2 rings (SSSR count). The van der Waals surface area contributed by atoms with Crippen LogP contribution in [0.1, 0.15) is 12.5 Å². The van der Waals surface area contributed by atoms with Crippen molar-refractivity contribution in [2.75, 3.05) is 5.32 Å². The standard InChI is InChI=1S/C16H12ClF3N2O3S/c1-9(15(23)21-13-4-2-3-5-14(13)22(24)25)26-10-6-7-12(17)11(8-10)16(18,19)20/h2-9H,1H3,(H,21,23)/t9-/m0/s1. The minimum atomic E-state index is -4.61. The van der Waals surface area contributed by atoms with Crippen molar-refractivity contribution in [1.29, 1.82) is 0 Å². The highest BCUT2D eigenvalue weighted by molar-refractivity contribution is 8.00. The monoisotopic (exact) mass is 404 g/mol. The van der Waals surface area contributed by atoms with E-state index in [1.165, 1.54) is 37.3 Å². The predicted octanol–water partition coefficient (Wildman–Crippen LogP) is 5.39. The van der Waals surface area contributed by atoms with Crippen LogP contribution in [0.2, 0.25) is 5.02 Å². The van der Waals surface area contributed by atoms with E-state index in [1.807, 2.05) is 0 Å². The van der Waals surface area contributed by atoms with E-state index < -0.39 is 32.8 Å². The molecule has 0 spiro atoms. The summed E-state index contributed by atoms with van der Waals surface area (Å²) in [4.78, 5) is 22.8. The van der Waals surface area contributed by atoms with Gasteiger partial charge in [0, 0.05) is 11.0 Å². The Bertz CT molecular complexity index is 846. The maximum atomic E-state index is 12.9. The molecule has 0 aromatic heterocycles. The van der Waals surface area contributed by atoms with Gasteiger partial charge >= 0.3 is 6.18 Å². The van der Waals surface area contributed by atoms with E-state index in [4.69, 9.17) is 11.6 Å². The molecule has 2 aromatic rings. The average Bonchev–Trinajstić information content (AvgIpc) is 2.55. The van der Waals surface area contributed by atoms with Crippen LogP contribution in [0.15, 0.2) is 47.4 Å². The van der Waals surface area contributed by atoms with E-state index in [0.29, 0.717) is 0 Å². The Kier molecular flexibility index (Phi) is 6.14. The average molecular weight is 405 g/mol. The number of carbonyl (C=O) groups excluding carboxylic acids is 1. The van der Waals surface area contributed by atoms with Crippen molar-refractivity contribution in [1.82, 2.24) is 0 Å². The number of carbonyl (C=O) groups is 1. The van der Waals surface area contributed by atoms with E-state index >= 15 is 0 Å². The number of hydrogen-bond donors (Lipinski definition) is 1. The first-order valence-electron chi connectivity index (χ1n) is 7.17. The lowest BCUT2D eigenvalue weighted by Crippen LogP contribution is -2.22. The second kappa shape index (κ2) is 7.96. The molecule has 26 heavy (non-hydrogen) atoms. The molecule has 0 radical (unpaired) electrons. The Morgan fingerprint density at radius 1 is 1.27 bits per heavy atom. The van der Waals surface area contributed by atoms with Crippen molar-refractivity contribution < 1.29 is 22.9 Å². The number of alkyl halides is 3. The fourth-order valence-corrected chi connectivity index (χ4v) is 3.16. The van der Waals surface area contributed by atoms with Crippen LogP contribution >= 0.6 is 23.4 Å². The van der Waals surface area contributed by atoms with Gasteiger partial charge in [-0.3, -0.25) is 14.9 Å². The van der Waals surface area contributed by atoms with Gasteiger partial charge in [0.15, 0.2) is 0 Å². The maximum Gasteiger partial charge on any atom is 0.417 e. The molecule has 1 atom stereocenters. The van der Waals surface area contributed by atoms with Crippen LogP contribution < -0.4 is 5.32 Å². The van der Waals surface area contributed by atoms with Crippen molar-refractivity contribution in [3.8, 4) is 0 Å². The Morgan fingerprint density at radius 3 is 2.54 bits per heavy atom. The summed E-state index contributed by atoms with van der Waals surface area (Å²) in [6.07, 6.45) is -4.61. The number of hydrogen-bond acceptors (Lipinski definition) is 4. The first kappa shape index (κ1) is 20.1. The number of thioether (sulfide) groups is 1. The van der Waals surface area contributed by atoms with Gasteiger partial charge in [-0.2, -0.15) is 13.2 Å². The van der Waals surface area contributed by atoms with Crippen molar-refractivity contribution >= 4 is 40.6 Å². The van der Waals surface area contributed by atoms with Crippen LogP contribution in [0.5, 0.6) is 0 Å². The van der Waals surface area contributed by atoms with E-state index in [2.05, 4.69) is 5.32 Å². The van der Waals surface area contributed by atoms with Crippen molar-refractivity contribution in [2.45, 2.75) is 23.2 Å². The van der Waals surface area contributed by atoms with Crippen LogP contribution in [0.25, 0.3) is 0 Å². The Hall–Kier alpha value is -2.26. The molecule has 0 unspecified atom stereocenters. The second-order valence-corrected chi connectivity index (χ2v) is 6.98. The number of benzene rings is 2. The summed E-state index contributed by atoms with van der Waals surface area (Å²) in [5, 5.41) is 12.1. The molecule has 0 heterocycles. The minimum absolute atomic E-state index is 0.0158. The number of halogens is 4. The van der Waals surface area contributed by atoms with E-state index in [1.54, 1.807) is 0 Å². The molecule has 10 heteroatoms. The lowest BCUT2D eigenvalue weighted by molar-refractivity contribution is -0.383. The maximum absolute atomic E-state index is 12.9. The third-order valence-electron chi connectivity index (χ3n) is 3.28. The van der Waals surface area contributed by atoms with Crippen LogP contribution in [0.3, 0.4) is 0 Å². The van der Waals surface area contributed by atoms with Gasteiger partial charge in [-0.15, -0.1) is 11.8 Å². The zero-order valence-electron chi connectivity index (χ0n) is 13.2. The Labute approximate surface area is 155 Å². The fourth-order valence-electron chi connectivity index (χ4n) is 2.03. The topological polar surface area (TPSA) is 72.2 Å². The Balaban J connectivity index is 2.14. The molecule has 0 saturated heterocycles. The van der Waals surface area contributed by atoms with Gasteiger partial charge < -0.3 is 5.32 Å². The third kappa shape index (κ3) is 4.89. The number of amides is 1. The fraction of sp³-hybridized carbons (Fsp3) is 0.188.